The molecule has 2 fully saturated rings. The Kier molecular flexibility index (Phi) is 4.80. The van der Waals surface area contributed by atoms with E-state index in [0.29, 0.717) is 0 Å². The zero-order chi connectivity index (χ0) is 10.3. The van der Waals surface area contributed by atoms with E-state index < -0.39 is 0 Å². The maximum absolute atomic E-state index is 3.62. The first-order valence-corrected chi connectivity index (χ1v) is 6.12. The van der Waals surface area contributed by atoms with Crippen LogP contribution in [-0.4, -0.2) is 13.1 Å². The zero-order valence-electron chi connectivity index (χ0n) is 10.3. The van der Waals surface area contributed by atoms with Gasteiger partial charge in [-0.05, 0) is 31.3 Å². The van der Waals surface area contributed by atoms with Crippen molar-refractivity contribution in [2.75, 3.05) is 13.1 Å². The van der Waals surface area contributed by atoms with Crippen LogP contribution in [0, 0.1) is 35.5 Å². The molecule has 1 saturated carbocycles. The average molecular weight is 297 g/mol. The van der Waals surface area contributed by atoms with Crippen molar-refractivity contribution in [1.82, 2.24) is 5.32 Å². The Morgan fingerprint density at radius 2 is 1.47 bits per heavy atom. The molecule has 1 saturated heterocycles. The summed E-state index contributed by atoms with van der Waals surface area (Å²) in [5.41, 5.74) is 0. The smallest absolute Gasteiger partial charge is 0.316 e. The zero-order valence-corrected chi connectivity index (χ0v) is 12.0. The fourth-order valence-electron chi connectivity index (χ4n) is 3.89. The normalized spacial score (nSPS) is 45.0. The molecule has 0 amide bonds. The predicted molar refractivity (Wildman–Crippen MR) is 60.9 cm³/mol. The van der Waals surface area contributed by atoms with E-state index in [2.05, 4.69) is 33.0 Å². The van der Waals surface area contributed by atoms with E-state index in [1.165, 1.54) is 19.5 Å². The standard InChI is InChI=1S/C13H24N.Rh/c1-8(2)13-11-6-14-7-12(13)10(4)5-9(11)3;/h9-14H,5-7H2,1-4H3;/q-1;+2. The molecule has 0 spiro atoms. The molecule has 0 aromatic rings. The van der Waals surface area contributed by atoms with Gasteiger partial charge in [0.2, 0.25) is 0 Å². The Morgan fingerprint density at radius 1 is 1.00 bits per heavy atom. The molecule has 15 heavy (non-hydrogen) atoms. The molecule has 1 radical (unpaired) electrons. The third-order valence-corrected chi connectivity index (χ3v) is 4.55. The fourth-order valence-corrected chi connectivity index (χ4v) is 3.89. The molecule has 2 bridgehead atoms. The Morgan fingerprint density at radius 3 is 1.87 bits per heavy atom. The van der Waals surface area contributed by atoms with Crippen LogP contribution in [0.1, 0.15) is 34.1 Å². The quantitative estimate of drug-likeness (QED) is 0.580. The molecule has 2 aliphatic rings. The van der Waals surface area contributed by atoms with Gasteiger partial charge in [-0.3, -0.25) is 0 Å². The summed E-state index contributed by atoms with van der Waals surface area (Å²) in [5.74, 6) is 6.21. The van der Waals surface area contributed by atoms with E-state index >= 15 is 0 Å². The molecule has 1 aliphatic heterocycles. The molecule has 1 nitrogen and oxygen atoms in total. The second-order valence-corrected chi connectivity index (χ2v) is 5.78. The van der Waals surface area contributed by atoms with Crippen molar-refractivity contribution < 1.29 is 19.5 Å². The molecule has 89 valence electrons. The average Bonchev–Trinajstić information content (AvgIpc) is 2.14. The largest absolute Gasteiger partial charge is 2.00 e. The minimum atomic E-state index is 0. The Labute approximate surface area is 108 Å². The van der Waals surface area contributed by atoms with Gasteiger partial charge < -0.3 is 11.2 Å². The van der Waals surface area contributed by atoms with Crippen molar-refractivity contribution in [2.24, 2.45) is 29.6 Å². The van der Waals surface area contributed by atoms with E-state index in [1.807, 2.05) is 0 Å². The molecule has 2 heteroatoms. The maximum Gasteiger partial charge on any atom is 2.00 e. The van der Waals surface area contributed by atoms with E-state index in [0.717, 1.165) is 29.6 Å². The van der Waals surface area contributed by atoms with Crippen LogP contribution in [0.4, 0.5) is 0 Å². The third-order valence-electron chi connectivity index (χ3n) is 4.55. The van der Waals surface area contributed by atoms with Crippen LogP contribution in [0.5, 0.6) is 0 Å². The van der Waals surface area contributed by atoms with Gasteiger partial charge in [0.25, 0.3) is 0 Å². The van der Waals surface area contributed by atoms with E-state index in [9.17, 15) is 0 Å². The summed E-state index contributed by atoms with van der Waals surface area (Å²) in [4.78, 5) is 0. The van der Waals surface area contributed by atoms with Crippen LogP contribution >= 0.6 is 0 Å². The first kappa shape index (κ1) is 13.6. The summed E-state index contributed by atoms with van der Waals surface area (Å²) in [6.45, 7) is 12.1. The number of hydrogen-bond donors (Lipinski definition) is 1. The molecular formula is C13H24NRh+. The van der Waals surface area contributed by atoms with Gasteiger partial charge >= 0.3 is 19.5 Å². The van der Waals surface area contributed by atoms with Crippen molar-refractivity contribution in [2.45, 2.75) is 34.1 Å². The molecule has 0 aromatic carbocycles. The minimum absolute atomic E-state index is 0. The second kappa shape index (κ2) is 5.28. The topological polar surface area (TPSA) is 12.0 Å². The van der Waals surface area contributed by atoms with Gasteiger partial charge in [0.1, 0.15) is 0 Å². The van der Waals surface area contributed by atoms with Gasteiger partial charge in [-0.1, -0.05) is 25.7 Å². The number of nitrogens with one attached hydrogen (secondary N) is 1. The minimum Gasteiger partial charge on any atom is -0.316 e. The van der Waals surface area contributed by atoms with Crippen molar-refractivity contribution in [1.29, 1.82) is 0 Å². The molecular weight excluding hydrogens is 273 g/mol. The van der Waals surface area contributed by atoms with Crippen molar-refractivity contribution in [3.05, 3.63) is 5.92 Å². The van der Waals surface area contributed by atoms with Crippen molar-refractivity contribution >= 4 is 0 Å². The molecule has 4 unspecified atom stereocenters. The molecule has 1 aliphatic carbocycles. The van der Waals surface area contributed by atoms with Gasteiger partial charge in [-0.2, -0.15) is 19.8 Å². The number of rotatable bonds is 1. The summed E-state index contributed by atoms with van der Waals surface area (Å²) in [6.07, 6.45) is 1.45. The molecule has 1 N–H and O–H groups in total. The Bertz CT molecular complexity index is 189. The fraction of sp³-hybridized carbons (Fsp3) is 0.923. The van der Waals surface area contributed by atoms with Crippen LogP contribution in [-0.2, 0) is 19.5 Å². The van der Waals surface area contributed by atoms with Crippen LogP contribution in [0.15, 0.2) is 0 Å². The maximum atomic E-state index is 3.62. The van der Waals surface area contributed by atoms with E-state index in [-0.39, 0.29) is 19.5 Å². The monoisotopic (exact) mass is 297 g/mol. The van der Waals surface area contributed by atoms with E-state index in [1.54, 1.807) is 5.92 Å². The summed E-state index contributed by atoms with van der Waals surface area (Å²) in [6, 6.07) is 0. The predicted octanol–water partition coefficient (Wildman–Crippen LogP) is 2.73. The first-order valence-electron chi connectivity index (χ1n) is 6.12. The Balaban J connectivity index is 0.00000112. The SMILES string of the molecule is C[C-](C)C1C2CNCC1C(C)CC2C.[Rh+2]. The number of fused-ring (bicyclic) bond motifs is 2. The van der Waals surface area contributed by atoms with Crippen molar-refractivity contribution in [3.8, 4) is 0 Å². The van der Waals surface area contributed by atoms with Gasteiger partial charge in [0, 0.05) is 0 Å². The second-order valence-electron chi connectivity index (χ2n) is 5.78. The number of hydrogen-bond acceptors (Lipinski definition) is 1. The first-order chi connectivity index (χ1) is 6.61. The summed E-state index contributed by atoms with van der Waals surface area (Å²) in [5, 5.41) is 3.62. The molecule has 1 heterocycles. The summed E-state index contributed by atoms with van der Waals surface area (Å²) >= 11 is 0. The van der Waals surface area contributed by atoms with Crippen LogP contribution in [0.2, 0.25) is 0 Å². The van der Waals surface area contributed by atoms with Crippen LogP contribution in [0.25, 0.3) is 0 Å². The summed E-state index contributed by atoms with van der Waals surface area (Å²) < 4.78 is 0. The van der Waals surface area contributed by atoms with Crippen molar-refractivity contribution in [3.63, 3.8) is 0 Å². The van der Waals surface area contributed by atoms with Crippen LogP contribution < -0.4 is 5.32 Å². The van der Waals surface area contributed by atoms with Crippen LogP contribution in [0.3, 0.4) is 0 Å². The number of piperidine rings is 1. The molecule has 0 aromatic heterocycles. The van der Waals surface area contributed by atoms with Gasteiger partial charge in [0.15, 0.2) is 0 Å². The van der Waals surface area contributed by atoms with Gasteiger partial charge in [0.05, 0.1) is 0 Å². The molecule has 2 rings (SSSR count). The molecule has 4 atom stereocenters. The van der Waals surface area contributed by atoms with Gasteiger partial charge in [-0.15, -0.1) is 0 Å². The Hall–Kier alpha value is 0.583. The summed E-state index contributed by atoms with van der Waals surface area (Å²) in [7, 11) is 0. The van der Waals surface area contributed by atoms with Gasteiger partial charge in [-0.25, -0.2) is 0 Å². The van der Waals surface area contributed by atoms with E-state index in [4.69, 9.17) is 0 Å². The third kappa shape index (κ3) is 2.47.